The van der Waals surface area contributed by atoms with Gasteiger partial charge in [0.2, 0.25) is 0 Å². The van der Waals surface area contributed by atoms with Gasteiger partial charge in [0.15, 0.2) is 0 Å². The molecule has 1 aromatic rings. The predicted octanol–water partition coefficient (Wildman–Crippen LogP) is 2.80. The fraction of sp³-hybridized carbons (Fsp3) is 0.222. The van der Waals surface area contributed by atoms with Crippen molar-refractivity contribution in [3.8, 4) is 6.07 Å². The van der Waals surface area contributed by atoms with Crippen LogP contribution in [-0.2, 0) is 6.42 Å². The lowest BCUT2D eigenvalue weighted by atomic mass is 10.1. The molecule has 0 N–H and O–H groups in total. The van der Waals surface area contributed by atoms with Crippen LogP contribution in [0.25, 0.3) is 0 Å². The second-order valence-electron chi connectivity index (χ2n) is 2.55. The van der Waals surface area contributed by atoms with Gasteiger partial charge in [0, 0.05) is 9.13 Å². The van der Waals surface area contributed by atoms with Gasteiger partial charge in [-0.1, -0.05) is 6.07 Å². The summed E-state index contributed by atoms with van der Waals surface area (Å²) in [6.07, 6.45) is 0.142. The first-order valence-corrected chi connectivity index (χ1v) is 4.54. The Hall–Kier alpha value is -0.630. The van der Waals surface area contributed by atoms with Gasteiger partial charge in [-0.3, -0.25) is 0 Å². The van der Waals surface area contributed by atoms with E-state index in [1.54, 1.807) is 12.1 Å². The molecule has 12 heavy (non-hydrogen) atoms. The quantitative estimate of drug-likeness (QED) is 0.723. The topological polar surface area (TPSA) is 23.8 Å². The average molecular weight is 275 g/mol. The van der Waals surface area contributed by atoms with Crippen molar-refractivity contribution in [2.45, 2.75) is 13.3 Å². The van der Waals surface area contributed by atoms with Crippen LogP contribution >= 0.6 is 22.6 Å². The van der Waals surface area contributed by atoms with Gasteiger partial charge in [0.1, 0.15) is 5.82 Å². The normalized spacial score (nSPS) is 9.50. The van der Waals surface area contributed by atoms with Crippen molar-refractivity contribution in [3.05, 3.63) is 32.6 Å². The number of halogens is 2. The molecule has 0 aromatic heterocycles. The number of rotatable bonds is 1. The third kappa shape index (κ3) is 1.95. The van der Waals surface area contributed by atoms with E-state index in [1.165, 1.54) is 0 Å². The van der Waals surface area contributed by atoms with E-state index in [2.05, 4.69) is 0 Å². The summed E-state index contributed by atoms with van der Waals surface area (Å²) in [6, 6.07) is 5.41. The maximum Gasteiger partial charge on any atom is 0.140 e. The van der Waals surface area contributed by atoms with Gasteiger partial charge in [-0.25, -0.2) is 4.39 Å². The van der Waals surface area contributed by atoms with E-state index in [0.717, 1.165) is 5.56 Å². The van der Waals surface area contributed by atoms with Gasteiger partial charge in [-0.2, -0.15) is 5.26 Å². The monoisotopic (exact) mass is 275 g/mol. The summed E-state index contributed by atoms with van der Waals surface area (Å²) in [5.41, 5.74) is 1.48. The highest BCUT2D eigenvalue weighted by Crippen LogP contribution is 2.17. The van der Waals surface area contributed by atoms with Gasteiger partial charge < -0.3 is 0 Å². The zero-order chi connectivity index (χ0) is 9.14. The van der Waals surface area contributed by atoms with E-state index in [1.807, 2.05) is 35.6 Å². The number of benzene rings is 1. The molecule has 62 valence electrons. The van der Waals surface area contributed by atoms with Crippen molar-refractivity contribution in [3.63, 3.8) is 0 Å². The van der Waals surface area contributed by atoms with Gasteiger partial charge in [0.25, 0.3) is 0 Å². The van der Waals surface area contributed by atoms with Crippen LogP contribution in [0.5, 0.6) is 0 Å². The number of hydrogen-bond donors (Lipinski definition) is 0. The third-order valence-electron chi connectivity index (χ3n) is 1.52. The molecule has 0 saturated carbocycles. The number of aryl methyl sites for hydroxylation is 1. The highest BCUT2D eigenvalue weighted by Gasteiger charge is 2.06. The van der Waals surface area contributed by atoms with Crippen molar-refractivity contribution in [2.24, 2.45) is 0 Å². The van der Waals surface area contributed by atoms with Gasteiger partial charge in [-0.05, 0) is 41.1 Å². The van der Waals surface area contributed by atoms with E-state index >= 15 is 0 Å². The maximum absolute atomic E-state index is 13.2. The Balaban J connectivity index is 3.20. The zero-order valence-corrected chi connectivity index (χ0v) is 8.72. The van der Waals surface area contributed by atoms with Crippen molar-refractivity contribution >= 4 is 22.6 Å². The highest BCUT2D eigenvalue weighted by atomic mass is 127. The fourth-order valence-corrected chi connectivity index (χ4v) is 1.85. The van der Waals surface area contributed by atoms with Crippen LogP contribution in [0, 0.1) is 27.6 Å². The first kappa shape index (κ1) is 9.46. The van der Waals surface area contributed by atoms with Gasteiger partial charge in [-0.15, -0.1) is 0 Å². The van der Waals surface area contributed by atoms with Crippen molar-refractivity contribution in [1.82, 2.24) is 0 Å². The molecule has 3 heteroatoms. The Labute approximate surface area is 84.3 Å². The second kappa shape index (κ2) is 3.85. The summed E-state index contributed by atoms with van der Waals surface area (Å²) in [4.78, 5) is 0. The minimum absolute atomic E-state index is 0.142. The van der Waals surface area contributed by atoms with Crippen molar-refractivity contribution < 1.29 is 4.39 Å². The Morgan fingerprint density at radius 1 is 1.58 bits per heavy atom. The summed E-state index contributed by atoms with van der Waals surface area (Å²) in [5, 5.41) is 8.41. The van der Waals surface area contributed by atoms with Gasteiger partial charge >= 0.3 is 0 Å². The molecule has 0 heterocycles. The lowest BCUT2D eigenvalue weighted by Gasteiger charge is -2.02. The molecule has 0 aliphatic rings. The minimum atomic E-state index is -0.261. The molecule has 0 aliphatic carbocycles. The summed E-state index contributed by atoms with van der Waals surface area (Å²) in [7, 11) is 0. The SMILES string of the molecule is Cc1cc(I)c(F)c(CC#N)c1. The molecule has 0 bridgehead atoms. The Bertz CT molecular complexity index is 341. The first-order chi connectivity index (χ1) is 5.65. The average Bonchev–Trinajstić information content (AvgIpc) is 2.00. The van der Waals surface area contributed by atoms with E-state index in [4.69, 9.17) is 5.26 Å². The van der Waals surface area contributed by atoms with Crippen LogP contribution in [0.3, 0.4) is 0 Å². The third-order valence-corrected chi connectivity index (χ3v) is 2.30. The molecule has 0 radical (unpaired) electrons. The van der Waals surface area contributed by atoms with Crippen LogP contribution in [0.2, 0.25) is 0 Å². The smallest absolute Gasteiger partial charge is 0.140 e. The molecule has 0 spiro atoms. The first-order valence-electron chi connectivity index (χ1n) is 3.46. The largest absolute Gasteiger partial charge is 0.205 e. The molecule has 1 aromatic carbocycles. The second-order valence-corrected chi connectivity index (χ2v) is 3.72. The number of hydrogen-bond acceptors (Lipinski definition) is 1. The summed E-state index contributed by atoms with van der Waals surface area (Å²) in [5.74, 6) is -0.261. The van der Waals surface area contributed by atoms with E-state index in [0.29, 0.717) is 9.13 Å². The number of nitriles is 1. The molecule has 0 fully saturated rings. The zero-order valence-electron chi connectivity index (χ0n) is 6.56. The van der Waals surface area contributed by atoms with Crippen LogP contribution in [0.15, 0.2) is 12.1 Å². The Kier molecular flexibility index (Phi) is 3.04. The molecular weight excluding hydrogens is 268 g/mol. The fourth-order valence-electron chi connectivity index (χ4n) is 1.01. The molecule has 0 saturated heterocycles. The van der Waals surface area contributed by atoms with E-state index < -0.39 is 0 Å². The Morgan fingerprint density at radius 3 is 2.83 bits per heavy atom. The standard InChI is InChI=1S/C9H7FIN/c1-6-4-7(2-3-12)9(10)8(11)5-6/h4-5H,2H2,1H3. The van der Waals surface area contributed by atoms with Gasteiger partial charge in [0.05, 0.1) is 12.5 Å². The van der Waals surface area contributed by atoms with Crippen molar-refractivity contribution in [2.75, 3.05) is 0 Å². The highest BCUT2D eigenvalue weighted by molar-refractivity contribution is 14.1. The molecule has 0 aliphatic heterocycles. The van der Waals surface area contributed by atoms with Crippen LogP contribution in [0.4, 0.5) is 4.39 Å². The summed E-state index contributed by atoms with van der Waals surface area (Å²) < 4.78 is 13.8. The number of nitrogens with zero attached hydrogens (tertiary/aromatic N) is 1. The van der Waals surface area contributed by atoms with E-state index in [9.17, 15) is 4.39 Å². The lowest BCUT2D eigenvalue weighted by Crippen LogP contribution is -1.93. The van der Waals surface area contributed by atoms with E-state index in [-0.39, 0.29) is 12.2 Å². The molecule has 0 atom stereocenters. The van der Waals surface area contributed by atoms with Crippen molar-refractivity contribution in [1.29, 1.82) is 5.26 Å². The molecule has 1 nitrogen and oxygen atoms in total. The Morgan fingerprint density at radius 2 is 2.25 bits per heavy atom. The van der Waals surface area contributed by atoms with Crippen LogP contribution in [0.1, 0.15) is 11.1 Å². The minimum Gasteiger partial charge on any atom is -0.205 e. The van der Waals surface area contributed by atoms with Crippen LogP contribution in [-0.4, -0.2) is 0 Å². The van der Waals surface area contributed by atoms with Crippen LogP contribution < -0.4 is 0 Å². The molecule has 1 rings (SSSR count). The molecular formula is C9H7FIN. The summed E-state index contributed by atoms with van der Waals surface area (Å²) in [6.45, 7) is 1.89. The maximum atomic E-state index is 13.2. The summed E-state index contributed by atoms with van der Waals surface area (Å²) >= 11 is 1.93. The predicted molar refractivity (Wildman–Crippen MR) is 53.2 cm³/mol. The lowest BCUT2D eigenvalue weighted by molar-refractivity contribution is 0.607. The molecule has 0 unspecified atom stereocenters. The molecule has 0 amide bonds.